The van der Waals surface area contributed by atoms with E-state index in [0.29, 0.717) is 0 Å². The van der Waals surface area contributed by atoms with E-state index >= 15 is 0 Å². The van der Waals surface area contributed by atoms with Crippen LogP contribution in [0.1, 0.15) is 24.0 Å². The molecular formula is C21H26N2O2. The first-order chi connectivity index (χ1) is 12.3. The van der Waals surface area contributed by atoms with Crippen molar-refractivity contribution in [3.05, 3.63) is 83.9 Å². The lowest BCUT2D eigenvalue weighted by molar-refractivity contribution is 0.164. The second kappa shape index (κ2) is 11.0. The maximum atomic E-state index is 11.3. The Bertz CT molecular complexity index is 641. The SMILES string of the molecule is COC(=O)NN[C@H](/C=C/CCc1ccccc1)CCc1ccccc1. The van der Waals surface area contributed by atoms with E-state index in [2.05, 4.69) is 64.1 Å². The lowest BCUT2D eigenvalue weighted by Gasteiger charge is -2.15. The summed E-state index contributed by atoms with van der Waals surface area (Å²) in [7, 11) is 1.35. The Morgan fingerprint density at radius 1 is 1.00 bits per heavy atom. The average molecular weight is 338 g/mol. The third-order valence-corrected chi connectivity index (χ3v) is 3.94. The van der Waals surface area contributed by atoms with Gasteiger partial charge in [0.25, 0.3) is 0 Å². The summed E-state index contributed by atoms with van der Waals surface area (Å²) >= 11 is 0. The number of hydrazine groups is 1. The highest BCUT2D eigenvalue weighted by atomic mass is 16.5. The summed E-state index contributed by atoms with van der Waals surface area (Å²) in [4.78, 5) is 11.3. The highest BCUT2D eigenvalue weighted by Crippen LogP contribution is 2.07. The zero-order chi connectivity index (χ0) is 17.7. The number of rotatable bonds is 9. The molecule has 0 aliphatic carbocycles. The van der Waals surface area contributed by atoms with Gasteiger partial charge in [0.15, 0.2) is 0 Å². The van der Waals surface area contributed by atoms with Crippen molar-refractivity contribution >= 4 is 6.09 Å². The van der Waals surface area contributed by atoms with Crippen LogP contribution in [0, 0.1) is 0 Å². The molecule has 4 nitrogen and oxygen atoms in total. The van der Waals surface area contributed by atoms with Gasteiger partial charge < -0.3 is 4.74 Å². The van der Waals surface area contributed by atoms with Gasteiger partial charge >= 0.3 is 6.09 Å². The van der Waals surface area contributed by atoms with Crippen LogP contribution >= 0.6 is 0 Å². The molecule has 0 saturated heterocycles. The number of aryl methyl sites for hydroxylation is 2. The monoisotopic (exact) mass is 338 g/mol. The van der Waals surface area contributed by atoms with Crippen LogP contribution in [-0.4, -0.2) is 19.2 Å². The zero-order valence-electron chi connectivity index (χ0n) is 14.7. The van der Waals surface area contributed by atoms with Gasteiger partial charge in [-0.1, -0.05) is 72.8 Å². The first-order valence-electron chi connectivity index (χ1n) is 8.62. The van der Waals surface area contributed by atoms with E-state index in [1.54, 1.807) is 0 Å². The van der Waals surface area contributed by atoms with Gasteiger partial charge in [-0.3, -0.25) is 5.43 Å². The molecule has 0 aliphatic rings. The van der Waals surface area contributed by atoms with E-state index in [4.69, 9.17) is 0 Å². The van der Waals surface area contributed by atoms with Gasteiger partial charge in [-0.25, -0.2) is 10.2 Å². The summed E-state index contributed by atoms with van der Waals surface area (Å²) in [6.07, 6.45) is 7.58. The molecule has 2 aromatic rings. The number of hydrogen-bond donors (Lipinski definition) is 2. The van der Waals surface area contributed by atoms with Crippen molar-refractivity contribution in [2.24, 2.45) is 0 Å². The molecule has 0 aliphatic heterocycles. The number of amides is 1. The smallest absolute Gasteiger partial charge is 0.421 e. The number of hydrogen-bond acceptors (Lipinski definition) is 3. The molecule has 1 amide bonds. The van der Waals surface area contributed by atoms with Crippen molar-refractivity contribution in [3.63, 3.8) is 0 Å². The maximum Gasteiger partial charge on any atom is 0.421 e. The Hall–Kier alpha value is -2.59. The lowest BCUT2D eigenvalue weighted by atomic mass is 10.0. The first-order valence-corrected chi connectivity index (χ1v) is 8.62. The maximum absolute atomic E-state index is 11.3. The Balaban J connectivity index is 1.84. The van der Waals surface area contributed by atoms with Crippen molar-refractivity contribution in [2.75, 3.05) is 7.11 Å². The third-order valence-electron chi connectivity index (χ3n) is 3.94. The molecular weight excluding hydrogens is 312 g/mol. The van der Waals surface area contributed by atoms with E-state index in [0.717, 1.165) is 25.7 Å². The molecule has 132 valence electrons. The minimum atomic E-state index is -0.484. The van der Waals surface area contributed by atoms with Crippen molar-refractivity contribution in [3.8, 4) is 0 Å². The molecule has 0 heterocycles. The second-order valence-electron chi connectivity index (χ2n) is 5.84. The summed E-state index contributed by atoms with van der Waals surface area (Å²) in [5, 5.41) is 0. The van der Waals surface area contributed by atoms with Gasteiger partial charge in [0, 0.05) is 6.04 Å². The number of ether oxygens (including phenoxy) is 1. The van der Waals surface area contributed by atoms with Crippen LogP contribution in [0.5, 0.6) is 0 Å². The summed E-state index contributed by atoms with van der Waals surface area (Å²) in [5.41, 5.74) is 8.20. The fourth-order valence-corrected chi connectivity index (χ4v) is 2.54. The minimum absolute atomic E-state index is 0.0510. The molecule has 2 N–H and O–H groups in total. The van der Waals surface area contributed by atoms with Gasteiger partial charge in [-0.15, -0.1) is 0 Å². The highest BCUT2D eigenvalue weighted by Gasteiger charge is 2.07. The van der Waals surface area contributed by atoms with Crippen LogP contribution < -0.4 is 10.9 Å². The highest BCUT2D eigenvalue weighted by molar-refractivity contribution is 5.66. The molecule has 0 bridgehead atoms. The van der Waals surface area contributed by atoms with Crippen molar-refractivity contribution in [1.29, 1.82) is 0 Å². The third kappa shape index (κ3) is 7.68. The normalized spacial score (nSPS) is 12.0. The predicted octanol–water partition coefficient (Wildman–Crippen LogP) is 4.04. The van der Waals surface area contributed by atoms with Gasteiger partial charge in [-0.05, 0) is 36.8 Å². The van der Waals surface area contributed by atoms with Gasteiger partial charge in [-0.2, -0.15) is 0 Å². The number of allylic oxidation sites excluding steroid dienone is 1. The molecule has 2 rings (SSSR count). The summed E-state index contributed by atoms with van der Waals surface area (Å²) in [5.74, 6) is 0. The Morgan fingerprint density at radius 2 is 1.60 bits per heavy atom. The lowest BCUT2D eigenvalue weighted by Crippen LogP contribution is -2.43. The Morgan fingerprint density at radius 3 is 2.20 bits per heavy atom. The van der Waals surface area contributed by atoms with Crippen molar-refractivity contribution in [1.82, 2.24) is 10.9 Å². The standard InChI is InChI=1S/C21H26N2O2/c1-25-21(24)23-22-20(17-16-19-12-6-3-7-13-19)15-9-8-14-18-10-4-2-5-11-18/h2-7,9-13,15,20,22H,8,14,16-17H2,1H3,(H,23,24)/b15-9+/t20-/m1/s1. The van der Waals surface area contributed by atoms with Crippen LogP contribution in [0.4, 0.5) is 4.79 Å². The van der Waals surface area contributed by atoms with E-state index < -0.39 is 6.09 Å². The van der Waals surface area contributed by atoms with Crippen LogP contribution in [0.3, 0.4) is 0 Å². The molecule has 0 spiro atoms. The van der Waals surface area contributed by atoms with Gasteiger partial charge in [0.1, 0.15) is 0 Å². The predicted molar refractivity (Wildman–Crippen MR) is 101 cm³/mol. The summed E-state index contributed by atoms with van der Waals surface area (Å²) in [6.45, 7) is 0. The fraction of sp³-hybridized carbons (Fsp3) is 0.286. The summed E-state index contributed by atoms with van der Waals surface area (Å²) < 4.78 is 4.61. The van der Waals surface area contributed by atoms with Gasteiger partial charge in [0.05, 0.1) is 7.11 Å². The van der Waals surface area contributed by atoms with E-state index in [1.165, 1.54) is 18.2 Å². The number of carbonyl (C=O) groups is 1. The minimum Gasteiger partial charge on any atom is -0.452 e. The van der Waals surface area contributed by atoms with Crippen molar-refractivity contribution in [2.45, 2.75) is 31.7 Å². The molecule has 0 fully saturated rings. The number of nitrogens with one attached hydrogen (secondary N) is 2. The number of benzene rings is 2. The zero-order valence-corrected chi connectivity index (χ0v) is 14.7. The number of methoxy groups -OCH3 is 1. The van der Waals surface area contributed by atoms with Crippen molar-refractivity contribution < 1.29 is 9.53 Å². The molecule has 0 aromatic heterocycles. The summed E-state index contributed by atoms with van der Waals surface area (Å²) in [6, 6.07) is 20.8. The first kappa shape index (κ1) is 18.7. The molecule has 2 aromatic carbocycles. The van der Waals surface area contributed by atoms with E-state index in [9.17, 15) is 4.79 Å². The fourth-order valence-electron chi connectivity index (χ4n) is 2.54. The van der Waals surface area contributed by atoms with E-state index in [1.807, 2.05) is 24.3 Å². The molecule has 0 unspecified atom stereocenters. The molecule has 0 saturated carbocycles. The Labute approximate surface area is 149 Å². The Kier molecular flexibility index (Phi) is 8.29. The second-order valence-corrected chi connectivity index (χ2v) is 5.84. The average Bonchev–Trinajstić information content (AvgIpc) is 2.68. The van der Waals surface area contributed by atoms with E-state index in [-0.39, 0.29) is 6.04 Å². The number of carbonyl (C=O) groups excluding carboxylic acids is 1. The van der Waals surface area contributed by atoms with Crippen LogP contribution in [0.2, 0.25) is 0 Å². The molecule has 0 radical (unpaired) electrons. The van der Waals surface area contributed by atoms with Crippen LogP contribution in [-0.2, 0) is 17.6 Å². The van der Waals surface area contributed by atoms with Gasteiger partial charge in [0.2, 0.25) is 0 Å². The van der Waals surface area contributed by atoms with Crippen LogP contribution in [0.25, 0.3) is 0 Å². The molecule has 25 heavy (non-hydrogen) atoms. The van der Waals surface area contributed by atoms with Crippen LogP contribution in [0.15, 0.2) is 72.8 Å². The largest absolute Gasteiger partial charge is 0.452 e. The molecule has 1 atom stereocenters. The topological polar surface area (TPSA) is 50.4 Å². The quantitative estimate of drug-likeness (QED) is 0.536. The molecule has 4 heteroatoms.